The molecule has 114 valence electrons. The molecule has 0 saturated carbocycles. The Morgan fingerprint density at radius 1 is 1.04 bits per heavy atom. The summed E-state index contributed by atoms with van der Waals surface area (Å²) < 4.78 is 0. The lowest BCUT2D eigenvalue weighted by molar-refractivity contribution is 0.100. The van der Waals surface area contributed by atoms with Gasteiger partial charge in [0.25, 0.3) is 5.91 Å². The number of rotatable bonds is 3. The van der Waals surface area contributed by atoms with Gasteiger partial charge in [-0.25, -0.2) is 4.98 Å². The first kappa shape index (κ1) is 15.5. The van der Waals surface area contributed by atoms with E-state index in [1.54, 1.807) is 24.4 Å². The smallest absolute Gasteiger partial charge is 0.250 e. The Bertz CT molecular complexity index is 882. The summed E-state index contributed by atoms with van der Waals surface area (Å²) >= 11 is 12.2. The molecule has 2 aromatic heterocycles. The van der Waals surface area contributed by atoms with Crippen molar-refractivity contribution >= 4 is 29.1 Å². The molecule has 0 fully saturated rings. The Morgan fingerprint density at radius 3 is 2.57 bits per heavy atom. The molecule has 0 aliphatic heterocycles. The third kappa shape index (κ3) is 3.18. The maximum atomic E-state index is 11.6. The molecule has 0 saturated heterocycles. The van der Waals surface area contributed by atoms with E-state index in [1.165, 1.54) is 6.07 Å². The van der Waals surface area contributed by atoms with E-state index in [-0.39, 0.29) is 5.15 Å². The molecule has 3 rings (SSSR count). The van der Waals surface area contributed by atoms with Crippen LogP contribution in [0.1, 0.15) is 10.4 Å². The normalized spacial score (nSPS) is 10.5. The van der Waals surface area contributed by atoms with Crippen LogP contribution in [0.3, 0.4) is 0 Å². The zero-order chi connectivity index (χ0) is 16.4. The van der Waals surface area contributed by atoms with Crippen molar-refractivity contribution < 1.29 is 4.79 Å². The van der Waals surface area contributed by atoms with Crippen LogP contribution >= 0.6 is 23.2 Å². The minimum absolute atomic E-state index is 0.277. The molecule has 1 aromatic carbocycles. The highest BCUT2D eigenvalue weighted by Gasteiger charge is 2.15. The Balaban J connectivity index is 2.20. The minimum Gasteiger partial charge on any atom is -0.366 e. The van der Waals surface area contributed by atoms with Crippen molar-refractivity contribution in [2.45, 2.75) is 0 Å². The topological polar surface area (TPSA) is 68.9 Å². The molecule has 4 nitrogen and oxygen atoms in total. The number of carbonyl (C=O) groups excluding carboxylic acids is 1. The summed E-state index contributed by atoms with van der Waals surface area (Å²) in [6.07, 6.45) is 1.69. The van der Waals surface area contributed by atoms with Gasteiger partial charge in [-0.1, -0.05) is 35.3 Å². The van der Waals surface area contributed by atoms with Gasteiger partial charge in [-0.2, -0.15) is 0 Å². The molecule has 23 heavy (non-hydrogen) atoms. The second-order valence-corrected chi connectivity index (χ2v) is 5.60. The van der Waals surface area contributed by atoms with E-state index in [0.717, 1.165) is 11.3 Å². The maximum Gasteiger partial charge on any atom is 0.250 e. The van der Waals surface area contributed by atoms with Crippen LogP contribution in [0.4, 0.5) is 0 Å². The van der Waals surface area contributed by atoms with Gasteiger partial charge < -0.3 is 5.73 Å². The molecule has 2 heterocycles. The fourth-order valence-electron chi connectivity index (χ4n) is 2.25. The highest BCUT2D eigenvalue weighted by molar-refractivity contribution is 6.33. The molecule has 0 aliphatic carbocycles. The first-order valence-electron chi connectivity index (χ1n) is 6.74. The minimum atomic E-state index is -0.571. The van der Waals surface area contributed by atoms with Gasteiger partial charge >= 0.3 is 0 Å². The van der Waals surface area contributed by atoms with Crippen LogP contribution in [0.5, 0.6) is 0 Å². The first-order chi connectivity index (χ1) is 11.1. The molecule has 0 aliphatic rings. The third-order valence-corrected chi connectivity index (χ3v) is 3.85. The van der Waals surface area contributed by atoms with Crippen molar-refractivity contribution in [3.63, 3.8) is 0 Å². The second-order valence-electron chi connectivity index (χ2n) is 4.80. The quantitative estimate of drug-likeness (QED) is 0.724. The van der Waals surface area contributed by atoms with E-state index in [2.05, 4.69) is 9.97 Å². The number of benzene rings is 1. The average Bonchev–Trinajstić information content (AvgIpc) is 2.55. The van der Waals surface area contributed by atoms with Crippen molar-refractivity contribution in [2.75, 3.05) is 0 Å². The summed E-state index contributed by atoms with van der Waals surface area (Å²) in [7, 11) is 0. The van der Waals surface area contributed by atoms with Crippen LogP contribution in [-0.4, -0.2) is 15.9 Å². The lowest BCUT2D eigenvalue weighted by Crippen LogP contribution is -2.13. The molecule has 0 bridgehead atoms. The van der Waals surface area contributed by atoms with Gasteiger partial charge in [0.1, 0.15) is 5.15 Å². The van der Waals surface area contributed by atoms with Crippen LogP contribution in [-0.2, 0) is 0 Å². The van der Waals surface area contributed by atoms with E-state index in [0.29, 0.717) is 21.8 Å². The summed E-state index contributed by atoms with van der Waals surface area (Å²) in [4.78, 5) is 20.2. The predicted molar refractivity (Wildman–Crippen MR) is 91.4 cm³/mol. The number of nitrogens with zero attached hydrogens (tertiary/aromatic N) is 2. The van der Waals surface area contributed by atoms with E-state index >= 15 is 0 Å². The summed E-state index contributed by atoms with van der Waals surface area (Å²) in [5, 5.41) is 0.828. The van der Waals surface area contributed by atoms with Crippen LogP contribution in [0, 0.1) is 0 Å². The van der Waals surface area contributed by atoms with Gasteiger partial charge in [0.2, 0.25) is 0 Å². The van der Waals surface area contributed by atoms with E-state index in [9.17, 15) is 4.79 Å². The standard InChI is InChI=1S/C17H11Cl2N3O/c18-13-6-4-10(9-12(13)14-3-1-2-8-21-14)16-11(17(20)23)5-7-15(19)22-16/h1-9H,(H2,20,23). The number of aromatic nitrogens is 2. The van der Waals surface area contributed by atoms with E-state index < -0.39 is 5.91 Å². The molecule has 3 aromatic rings. The fourth-order valence-corrected chi connectivity index (χ4v) is 2.61. The average molecular weight is 344 g/mol. The molecule has 6 heteroatoms. The Morgan fingerprint density at radius 2 is 1.87 bits per heavy atom. The van der Waals surface area contributed by atoms with Crippen LogP contribution in [0.2, 0.25) is 10.2 Å². The van der Waals surface area contributed by atoms with Crippen molar-refractivity contribution in [2.24, 2.45) is 5.73 Å². The van der Waals surface area contributed by atoms with E-state index in [4.69, 9.17) is 28.9 Å². The largest absolute Gasteiger partial charge is 0.366 e. The number of halogens is 2. The number of primary amides is 1. The van der Waals surface area contributed by atoms with Crippen molar-refractivity contribution in [3.8, 4) is 22.5 Å². The number of amides is 1. The molecular weight excluding hydrogens is 333 g/mol. The van der Waals surface area contributed by atoms with Gasteiger partial charge in [-0.05, 0) is 36.4 Å². The lowest BCUT2D eigenvalue weighted by Gasteiger charge is -2.10. The number of pyridine rings is 2. The number of carbonyl (C=O) groups is 1. The predicted octanol–water partition coefficient (Wildman–Crippen LogP) is 4.22. The van der Waals surface area contributed by atoms with Crippen LogP contribution in [0.15, 0.2) is 54.7 Å². The number of nitrogens with two attached hydrogens (primary N) is 1. The van der Waals surface area contributed by atoms with Gasteiger partial charge in [-0.15, -0.1) is 0 Å². The molecule has 0 unspecified atom stereocenters. The zero-order valence-electron chi connectivity index (χ0n) is 11.8. The van der Waals surface area contributed by atoms with Gasteiger partial charge in [0, 0.05) is 17.3 Å². The monoisotopic (exact) mass is 343 g/mol. The Kier molecular flexibility index (Phi) is 4.28. The molecule has 2 N–H and O–H groups in total. The Hall–Kier alpha value is -2.43. The van der Waals surface area contributed by atoms with Gasteiger partial charge in [0.15, 0.2) is 0 Å². The van der Waals surface area contributed by atoms with Gasteiger partial charge in [0.05, 0.1) is 22.0 Å². The molecule has 0 atom stereocenters. The third-order valence-electron chi connectivity index (χ3n) is 3.31. The Labute approximate surface area is 142 Å². The van der Waals surface area contributed by atoms with Crippen LogP contribution < -0.4 is 5.73 Å². The summed E-state index contributed by atoms with van der Waals surface area (Å²) in [6.45, 7) is 0. The van der Waals surface area contributed by atoms with E-state index in [1.807, 2.05) is 24.3 Å². The summed E-state index contributed by atoms with van der Waals surface area (Å²) in [5.74, 6) is -0.571. The number of hydrogen-bond acceptors (Lipinski definition) is 3. The summed E-state index contributed by atoms with van der Waals surface area (Å²) in [6, 6.07) is 13.9. The maximum absolute atomic E-state index is 11.6. The van der Waals surface area contributed by atoms with Crippen molar-refractivity contribution in [1.29, 1.82) is 0 Å². The summed E-state index contributed by atoms with van der Waals surface area (Å²) in [5.41, 5.74) is 8.28. The van der Waals surface area contributed by atoms with Crippen molar-refractivity contribution in [1.82, 2.24) is 9.97 Å². The molecule has 0 spiro atoms. The lowest BCUT2D eigenvalue weighted by atomic mass is 10.0. The highest BCUT2D eigenvalue weighted by atomic mass is 35.5. The van der Waals surface area contributed by atoms with Gasteiger partial charge in [-0.3, -0.25) is 9.78 Å². The SMILES string of the molecule is NC(=O)c1ccc(Cl)nc1-c1ccc(Cl)c(-c2ccccn2)c1. The first-order valence-corrected chi connectivity index (χ1v) is 7.49. The zero-order valence-corrected chi connectivity index (χ0v) is 13.3. The number of hydrogen-bond donors (Lipinski definition) is 1. The van der Waals surface area contributed by atoms with Crippen molar-refractivity contribution in [3.05, 3.63) is 70.5 Å². The molecule has 0 radical (unpaired) electrons. The molecular formula is C17H11Cl2N3O. The fraction of sp³-hybridized carbons (Fsp3) is 0. The molecule has 1 amide bonds. The second kappa shape index (κ2) is 6.36. The highest BCUT2D eigenvalue weighted by Crippen LogP contribution is 2.32. The van der Waals surface area contributed by atoms with Crippen LogP contribution in [0.25, 0.3) is 22.5 Å².